The first-order valence-corrected chi connectivity index (χ1v) is 8.01. The third-order valence-corrected chi connectivity index (χ3v) is 4.73. The van der Waals surface area contributed by atoms with Gasteiger partial charge in [-0.3, -0.25) is 0 Å². The van der Waals surface area contributed by atoms with Gasteiger partial charge in [-0.2, -0.15) is 5.26 Å². The van der Waals surface area contributed by atoms with Gasteiger partial charge in [0.2, 0.25) is 10.0 Å². The molecule has 0 atom stereocenters. The molecule has 1 aromatic carbocycles. The molecule has 0 spiro atoms. The molecule has 0 bridgehead atoms. The second kappa shape index (κ2) is 4.80. The summed E-state index contributed by atoms with van der Waals surface area (Å²) in [6.07, 6.45) is 1.20. The Hall–Kier alpha value is -2.06. The number of hydrogen-bond donors (Lipinski definition) is 0. The van der Waals surface area contributed by atoms with Crippen molar-refractivity contribution in [2.45, 2.75) is 20.8 Å². The van der Waals surface area contributed by atoms with Gasteiger partial charge in [-0.1, -0.05) is 12.1 Å². The third-order valence-electron chi connectivity index (χ3n) is 3.52. The maximum atomic E-state index is 11.9. The summed E-state index contributed by atoms with van der Waals surface area (Å²) in [5.41, 5.74) is 4.79. The van der Waals surface area contributed by atoms with Crippen LogP contribution in [0.1, 0.15) is 22.5 Å². The van der Waals surface area contributed by atoms with Gasteiger partial charge >= 0.3 is 0 Å². The molecule has 0 aliphatic heterocycles. The minimum Gasteiger partial charge on any atom is -0.247 e. The summed E-state index contributed by atoms with van der Waals surface area (Å²) in [6, 6.07) is 9.24. The van der Waals surface area contributed by atoms with E-state index < -0.39 is 10.0 Å². The Morgan fingerprint density at radius 2 is 1.60 bits per heavy atom. The number of rotatable bonds is 2. The SMILES string of the molecule is Cc1c(-c2ccc(C#N)cc2)c(C)n(S(C)(=O)=O)c1C. The minimum absolute atomic E-state index is 0.586. The molecule has 1 heterocycles. The molecule has 0 fully saturated rings. The van der Waals surface area contributed by atoms with Crippen molar-refractivity contribution in [1.29, 1.82) is 5.26 Å². The summed E-state index contributed by atoms with van der Waals surface area (Å²) in [5, 5.41) is 8.83. The van der Waals surface area contributed by atoms with Crippen LogP contribution in [-0.4, -0.2) is 18.6 Å². The highest BCUT2D eigenvalue weighted by Gasteiger charge is 2.20. The molecule has 0 N–H and O–H groups in total. The van der Waals surface area contributed by atoms with Crippen LogP contribution in [0.4, 0.5) is 0 Å². The molecule has 2 rings (SSSR count). The zero-order chi connectivity index (χ0) is 15.1. The Kier molecular flexibility index (Phi) is 3.45. The van der Waals surface area contributed by atoms with Crippen molar-refractivity contribution in [3.05, 3.63) is 46.8 Å². The van der Waals surface area contributed by atoms with Crippen molar-refractivity contribution in [1.82, 2.24) is 3.97 Å². The predicted molar refractivity (Wildman–Crippen MR) is 79.0 cm³/mol. The molecule has 5 heteroatoms. The van der Waals surface area contributed by atoms with E-state index in [0.29, 0.717) is 11.3 Å². The van der Waals surface area contributed by atoms with E-state index in [2.05, 4.69) is 6.07 Å². The second-order valence-electron chi connectivity index (χ2n) is 4.89. The van der Waals surface area contributed by atoms with E-state index in [-0.39, 0.29) is 0 Å². The molecule has 0 radical (unpaired) electrons. The summed E-state index contributed by atoms with van der Waals surface area (Å²) in [7, 11) is -3.32. The van der Waals surface area contributed by atoms with Gasteiger partial charge in [0.15, 0.2) is 0 Å². The molecular weight excluding hydrogens is 272 g/mol. The number of nitrogens with zero attached hydrogens (tertiary/aromatic N) is 2. The zero-order valence-corrected chi connectivity index (χ0v) is 12.7. The van der Waals surface area contributed by atoms with E-state index >= 15 is 0 Å². The van der Waals surface area contributed by atoms with Crippen molar-refractivity contribution in [2.24, 2.45) is 0 Å². The highest BCUT2D eigenvalue weighted by atomic mass is 32.2. The highest BCUT2D eigenvalue weighted by Crippen LogP contribution is 2.32. The van der Waals surface area contributed by atoms with Gasteiger partial charge in [-0.15, -0.1) is 0 Å². The summed E-state index contributed by atoms with van der Waals surface area (Å²) in [5.74, 6) is 0. The van der Waals surface area contributed by atoms with Crippen LogP contribution in [0.15, 0.2) is 24.3 Å². The summed E-state index contributed by atoms with van der Waals surface area (Å²) < 4.78 is 25.2. The van der Waals surface area contributed by atoms with Crippen LogP contribution in [0.2, 0.25) is 0 Å². The number of benzene rings is 1. The van der Waals surface area contributed by atoms with Crippen molar-refractivity contribution < 1.29 is 8.42 Å². The largest absolute Gasteiger partial charge is 0.247 e. The molecule has 0 saturated heterocycles. The smallest absolute Gasteiger partial charge is 0.236 e. The van der Waals surface area contributed by atoms with Crippen molar-refractivity contribution in [3.8, 4) is 17.2 Å². The van der Waals surface area contributed by atoms with Gasteiger partial charge in [0.05, 0.1) is 17.9 Å². The van der Waals surface area contributed by atoms with Crippen molar-refractivity contribution in [2.75, 3.05) is 6.26 Å². The van der Waals surface area contributed by atoms with E-state index in [4.69, 9.17) is 5.26 Å². The Morgan fingerprint density at radius 3 is 2.00 bits per heavy atom. The fraction of sp³-hybridized carbons (Fsp3) is 0.267. The first kappa shape index (κ1) is 14.4. The van der Waals surface area contributed by atoms with Crippen LogP contribution in [-0.2, 0) is 10.0 Å². The lowest BCUT2D eigenvalue weighted by molar-refractivity contribution is 0.591. The summed E-state index contributed by atoms with van der Waals surface area (Å²) >= 11 is 0. The Balaban J connectivity index is 2.73. The first-order valence-electron chi connectivity index (χ1n) is 6.17. The quantitative estimate of drug-likeness (QED) is 0.853. The molecule has 0 unspecified atom stereocenters. The van der Waals surface area contributed by atoms with Gasteiger partial charge in [0, 0.05) is 17.0 Å². The summed E-state index contributed by atoms with van der Waals surface area (Å²) in [4.78, 5) is 0. The van der Waals surface area contributed by atoms with Gasteiger partial charge in [-0.25, -0.2) is 12.4 Å². The van der Waals surface area contributed by atoms with Crippen LogP contribution < -0.4 is 0 Å². The Bertz CT molecular complexity index is 807. The fourth-order valence-electron chi connectivity index (χ4n) is 2.59. The average molecular weight is 288 g/mol. The topological polar surface area (TPSA) is 62.9 Å². The standard InChI is InChI=1S/C15H16N2O2S/c1-10-11(2)17(20(4,18)19)12(3)15(10)14-7-5-13(9-16)6-8-14/h5-8H,1-4H3. The van der Waals surface area contributed by atoms with Crippen LogP contribution in [0.5, 0.6) is 0 Å². The van der Waals surface area contributed by atoms with Crippen LogP contribution in [0, 0.1) is 32.1 Å². The minimum atomic E-state index is -3.32. The molecule has 4 nitrogen and oxygen atoms in total. The normalized spacial score (nSPS) is 11.3. The zero-order valence-electron chi connectivity index (χ0n) is 11.9. The highest BCUT2D eigenvalue weighted by molar-refractivity contribution is 7.89. The second-order valence-corrected chi connectivity index (χ2v) is 6.72. The molecule has 0 aliphatic rings. The lowest BCUT2D eigenvalue weighted by Crippen LogP contribution is -2.13. The molecule has 0 amide bonds. The molecule has 104 valence electrons. The lowest BCUT2D eigenvalue weighted by Gasteiger charge is -2.06. The Labute approximate surface area is 119 Å². The lowest BCUT2D eigenvalue weighted by atomic mass is 10.0. The van der Waals surface area contributed by atoms with Crippen LogP contribution in [0.25, 0.3) is 11.1 Å². The van der Waals surface area contributed by atoms with Gasteiger partial charge in [0.1, 0.15) is 0 Å². The van der Waals surface area contributed by atoms with E-state index in [9.17, 15) is 8.42 Å². The maximum absolute atomic E-state index is 11.9. The first-order chi connectivity index (χ1) is 9.27. The number of hydrogen-bond acceptors (Lipinski definition) is 3. The molecule has 0 saturated carbocycles. The van der Waals surface area contributed by atoms with Crippen LogP contribution in [0.3, 0.4) is 0 Å². The van der Waals surface area contributed by atoms with E-state index in [0.717, 1.165) is 22.4 Å². The van der Waals surface area contributed by atoms with Crippen molar-refractivity contribution in [3.63, 3.8) is 0 Å². The number of nitriles is 1. The third kappa shape index (κ3) is 2.23. The van der Waals surface area contributed by atoms with Gasteiger partial charge < -0.3 is 0 Å². The van der Waals surface area contributed by atoms with Crippen molar-refractivity contribution >= 4 is 10.0 Å². The van der Waals surface area contributed by atoms with E-state index in [1.54, 1.807) is 26.0 Å². The molecule has 1 aromatic heterocycles. The number of aromatic nitrogens is 1. The summed E-state index contributed by atoms with van der Waals surface area (Å²) in [6.45, 7) is 5.52. The van der Waals surface area contributed by atoms with Gasteiger partial charge in [-0.05, 0) is 44.0 Å². The average Bonchev–Trinajstić information content (AvgIpc) is 2.60. The van der Waals surface area contributed by atoms with Gasteiger partial charge in [0.25, 0.3) is 0 Å². The predicted octanol–water partition coefficient (Wildman–Crippen LogP) is 2.76. The Morgan fingerprint density at radius 1 is 1.05 bits per heavy atom. The molecule has 20 heavy (non-hydrogen) atoms. The molecular formula is C15H16N2O2S. The monoisotopic (exact) mass is 288 g/mol. The van der Waals surface area contributed by atoms with E-state index in [1.165, 1.54) is 10.2 Å². The van der Waals surface area contributed by atoms with E-state index in [1.807, 2.05) is 19.1 Å². The molecule has 2 aromatic rings. The maximum Gasteiger partial charge on any atom is 0.236 e. The fourth-order valence-corrected chi connectivity index (χ4v) is 3.82. The van der Waals surface area contributed by atoms with Crippen LogP contribution >= 0.6 is 0 Å². The molecule has 0 aliphatic carbocycles.